The molecule has 154 valence electrons. The average Bonchev–Trinajstić information content (AvgIpc) is 3.08. The number of hydrogen-bond acceptors (Lipinski definition) is 7. The van der Waals surface area contributed by atoms with Crippen molar-refractivity contribution in [3.8, 4) is 5.75 Å². The van der Waals surface area contributed by atoms with Crippen LogP contribution in [0.5, 0.6) is 5.75 Å². The number of rotatable bonds is 8. The van der Waals surface area contributed by atoms with Crippen LogP contribution in [0.25, 0.3) is 0 Å². The van der Waals surface area contributed by atoms with Crippen LogP contribution in [-0.2, 0) is 21.3 Å². The van der Waals surface area contributed by atoms with Crippen LogP contribution in [0.4, 0.5) is 0 Å². The lowest BCUT2D eigenvalue weighted by molar-refractivity contribution is 0.146. The standard InChI is InChI=1S/C19H27N3O4S2/c1-15-12-18(4-5-19(15)26-11-10-25-3)28(23,24)22-8-6-21(7-9-22)13-17-14-27-16(2)20-17/h4-5,12,14H,6-11,13H2,1-3H3. The van der Waals surface area contributed by atoms with E-state index >= 15 is 0 Å². The van der Waals surface area contributed by atoms with Crippen molar-refractivity contribution >= 4 is 21.4 Å². The Morgan fingerprint density at radius 2 is 1.89 bits per heavy atom. The maximum Gasteiger partial charge on any atom is 0.243 e. The highest BCUT2D eigenvalue weighted by Gasteiger charge is 2.29. The van der Waals surface area contributed by atoms with E-state index < -0.39 is 10.0 Å². The average molecular weight is 426 g/mol. The third-order valence-electron chi connectivity index (χ3n) is 4.71. The summed E-state index contributed by atoms with van der Waals surface area (Å²) >= 11 is 1.64. The van der Waals surface area contributed by atoms with Gasteiger partial charge in [0, 0.05) is 45.2 Å². The molecule has 3 rings (SSSR count). The van der Waals surface area contributed by atoms with Gasteiger partial charge in [-0.1, -0.05) is 0 Å². The molecule has 0 saturated carbocycles. The summed E-state index contributed by atoms with van der Waals surface area (Å²) in [4.78, 5) is 7.05. The summed E-state index contributed by atoms with van der Waals surface area (Å²) in [6.45, 7) is 7.91. The predicted octanol–water partition coefficient (Wildman–Crippen LogP) is 2.29. The molecule has 1 aliphatic heterocycles. The summed E-state index contributed by atoms with van der Waals surface area (Å²) < 4.78 is 38.2. The molecule has 0 unspecified atom stereocenters. The minimum atomic E-state index is -3.51. The van der Waals surface area contributed by atoms with Crippen molar-refractivity contribution in [1.82, 2.24) is 14.2 Å². The van der Waals surface area contributed by atoms with Crippen LogP contribution in [0.2, 0.25) is 0 Å². The van der Waals surface area contributed by atoms with Gasteiger partial charge in [-0.05, 0) is 37.6 Å². The van der Waals surface area contributed by atoms with Gasteiger partial charge >= 0.3 is 0 Å². The van der Waals surface area contributed by atoms with Crippen LogP contribution in [0.15, 0.2) is 28.5 Å². The van der Waals surface area contributed by atoms with Gasteiger partial charge in [-0.2, -0.15) is 4.31 Å². The van der Waals surface area contributed by atoms with Gasteiger partial charge in [0.1, 0.15) is 12.4 Å². The van der Waals surface area contributed by atoms with E-state index in [0.717, 1.165) is 22.8 Å². The van der Waals surface area contributed by atoms with Gasteiger partial charge in [0.25, 0.3) is 0 Å². The highest BCUT2D eigenvalue weighted by Crippen LogP contribution is 2.25. The van der Waals surface area contributed by atoms with Gasteiger partial charge in [0.05, 0.1) is 22.2 Å². The molecule has 0 N–H and O–H groups in total. The van der Waals surface area contributed by atoms with Crippen molar-refractivity contribution in [2.45, 2.75) is 25.3 Å². The number of benzene rings is 1. The highest BCUT2D eigenvalue weighted by atomic mass is 32.2. The number of piperazine rings is 1. The summed E-state index contributed by atoms with van der Waals surface area (Å²) in [6.07, 6.45) is 0. The molecule has 1 aromatic heterocycles. The lowest BCUT2D eigenvalue weighted by Crippen LogP contribution is -2.48. The lowest BCUT2D eigenvalue weighted by atomic mass is 10.2. The van der Waals surface area contributed by atoms with Crippen LogP contribution in [0.1, 0.15) is 16.3 Å². The van der Waals surface area contributed by atoms with Crippen molar-refractivity contribution in [2.24, 2.45) is 0 Å². The number of aryl methyl sites for hydroxylation is 2. The Kier molecular flexibility index (Phi) is 7.05. The smallest absolute Gasteiger partial charge is 0.243 e. The molecule has 0 amide bonds. The molecule has 7 nitrogen and oxygen atoms in total. The number of nitrogens with zero attached hydrogens (tertiary/aromatic N) is 3. The van der Waals surface area contributed by atoms with Gasteiger partial charge in [-0.25, -0.2) is 13.4 Å². The summed E-state index contributed by atoms with van der Waals surface area (Å²) in [5, 5.41) is 3.12. The highest BCUT2D eigenvalue weighted by molar-refractivity contribution is 7.89. The first-order chi connectivity index (χ1) is 13.4. The molecule has 0 radical (unpaired) electrons. The third-order valence-corrected chi connectivity index (χ3v) is 7.43. The van der Waals surface area contributed by atoms with Gasteiger partial charge < -0.3 is 9.47 Å². The lowest BCUT2D eigenvalue weighted by Gasteiger charge is -2.33. The fraction of sp³-hybridized carbons (Fsp3) is 0.526. The van der Waals surface area contributed by atoms with Crippen molar-refractivity contribution in [2.75, 3.05) is 46.5 Å². The number of methoxy groups -OCH3 is 1. The summed E-state index contributed by atoms with van der Waals surface area (Å²) in [7, 11) is -1.89. The quantitative estimate of drug-likeness (QED) is 0.605. The van der Waals surface area contributed by atoms with E-state index in [1.165, 1.54) is 0 Å². The molecule has 0 atom stereocenters. The van der Waals surface area contributed by atoms with Crippen molar-refractivity contribution in [3.05, 3.63) is 39.8 Å². The predicted molar refractivity (Wildman–Crippen MR) is 109 cm³/mol. The first-order valence-corrected chi connectivity index (χ1v) is 11.6. The second-order valence-electron chi connectivity index (χ2n) is 6.81. The van der Waals surface area contributed by atoms with E-state index in [2.05, 4.69) is 15.3 Å². The van der Waals surface area contributed by atoms with Gasteiger partial charge in [0.15, 0.2) is 0 Å². The Hall–Kier alpha value is -1.52. The van der Waals surface area contributed by atoms with Crippen LogP contribution in [0, 0.1) is 13.8 Å². The molecule has 1 fully saturated rings. The van der Waals surface area contributed by atoms with Gasteiger partial charge in [-0.3, -0.25) is 4.90 Å². The molecule has 0 bridgehead atoms. The van der Waals surface area contributed by atoms with E-state index in [-0.39, 0.29) is 0 Å². The molecule has 1 saturated heterocycles. The van der Waals surface area contributed by atoms with Crippen LogP contribution in [0.3, 0.4) is 0 Å². The fourth-order valence-electron chi connectivity index (χ4n) is 3.17. The second-order valence-corrected chi connectivity index (χ2v) is 9.81. The van der Waals surface area contributed by atoms with E-state index in [4.69, 9.17) is 9.47 Å². The molecule has 28 heavy (non-hydrogen) atoms. The largest absolute Gasteiger partial charge is 0.491 e. The maximum atomic E-state index is 13.0. The van der Waals surface area contributed by atoms with Crippen LogP contribution >= 0.6 is 11.3 Å². The number of thiazole rings is 1. The minimum absolute atomic E-state index is 0.313. The minimum Gasteiger partial charge on any atom is -0.491 e. The molecular formula is C19H27N3O4S2. The molecule has 9 heteroatoms. The van der Waals surface area contributed by atoms with Crippen molar-refractivity contribution < 1.29 is 17.9 Å². The first kappa shape index (κ1) is 21.2. The zero-order valence-electron chi connectivity index (χ0n) is 16.6. The molecule has 1 aromatic carbocycles. The summed E-state index contributed by atoms with van der Waals surface area (Å²) in [5.74, 6) is 0.680. The SMILES string of the molecule is COCCOc1ccc(S(=O)(=O)N2CCN(Cc3csc(C)n3)CC2)cc1C. The third kappa shape index (κ3) is 5.09. The topological polar surface area (TPSA) is 72.0 Å². The Bertz CT molecular complexity index is 890. The van der Waals surface area contributed by atoms with Gasteiger partial charge in [0.2, 0.25) is 10.0 Å². The molecule has 2 aromatic rings. The molecule has 0 aliphatic carbocycles. The van der Waals surface area contributed by atoms with Crippen molar-refractivity contribution in [1.29, 1.82) is 0 Å². The number of aromatic nitrogens is 1. The second kappa shape index (κ2) is 9.32. The Morgan fingerprint density at radius 3 is 2.50 bits per heavy atom. The van der Waals surface area contributed by atoms with E-state index in [1.54, 1.807) is 41.0 Å². The number of sulfonamides is 1. The van der Waals surface area contributed by atoms with E-state index in [9.17, 15) is 8.42 Å². The number of hydrogen-bond donors (Lipinski definition) is 0. The zero-order chi connectivity index (χ0) is 20.1. The summed E-state index contributed by atoms with van der Waals surface area (Å²) in [6, 6.07) is 5.02. The monoisotopic (exact) mass is 425 g/mol. The van der Waals surface area contributed by atoms with Crippen molar-refractivity contribution in [3.63, 3.8) is 0 Å². The van der Waals surface area contributed by atoms with Crippen LogP contribution < -0.4 is 4.74 Å². The normalized spacial score (nSPS) is 16.4. The Morgan fingerprint density at radius 1 is 1.14 bits per heavy atom. The van der Waals surface area contributed by atoms with Gasteiger partial charge in [-0.15, -0.1) is 11.3 Å². The summed E-state index contributed by atoms with van der Waals surface area (Å²) in [5.41, 5.74) is 1.85. The molecule has 1 aliphatic rings. The van der Waals surface area contributed by atoms with E-state index in [0.29, 0.717) is 50.0 Å². The maximum absolute atomic E-state index is 13.0. The molecule has 2 heterocycles. The zero-order valence-corrected chi connectivity index (χ0v) is 18.2. The fourth-order valence-corrected chi connectivity index (χ4v) is 5.28. The van der Waals surface area contributed by atoms with Crippen LogP contribution in [-0.4, -0.2) is 69.1 Å². The van der Waals surface area contributed by atoms with E-state index in [1.807, 2.05) is 13.8 Å². The Labute approximate surface area is 170 Å². The Balaban J connectivity index is 1.61. The molecule has 0 spiro atoms. The number of ether oxygens (including phenoxy) is 2. The molecular weight excluding hydrogens is 398 g/mol. The first-order valence-electron chi connectivity index (χ1n) is 9.26.